The third kappa shape index (κ3) is 3.05. The fraction of sp³-hybridized carbons (Fsp3) is 0.333. The van der Waals surface area contributed by atoms with Gasteiger partial charge in [-0.25, -0.2) is 9.67 Å². The fourth-order valence-corrected chi connectivity index (χ4v) is 1.90. The van der Waals surface area contributed by atoms with Gasteiger partial charge in [0.25, 0.3) is 0 Å². The van der Waals surface area contributed by atoms with Crippen LogP contribution in [0, 0.1) is 0 Å². The molecule has 0 aliphatic carbocycles. The molecule has 2 aromatic rings. The van der Waals surface area contributed by atoms with E-state index in [0.717, 1.165) is 11.4 Å². The van der Waals surface area contributed by atoms with Crippen molar-refractivity contribution in [3.63, 3.8) is 0 Å². The SMILES string of the molecule is CC(N)C(Cc1ccc(Cl)cc1)n1cncn1. The summed E-state index contributed by atoms with van der Waals surface area (Å²) in [5, 5.41) is 4.89. The molecule has 17 heavy (non-hydrogen) atoms. The molecule has 90 valence electrons. The van der Waals surface area contributed by atoms with Crippen molar-refractivity contribution < 1.29 is 0 Å². The van der Waals surface area contributed by atoms with Crippen LogP contribution in [0.5, 0.6) is 0 Å². The highest BCUT2D eigenvalue weighted by Gasteiger charge is 2.17. The lowest BCUT2D eigenvalue weighted by molar-refractivity contribution is 0.390. The van der Waals surface area contributed by atoms with Crippen molar-refractivity contribution in [2.75, 3.05) is 0 Å². The Balaban J connectivity index is 2.16. The van der Waals surface area contributed by atoms with Crippen LogP contribution in [0.4, 0.5) is 0 Å². The molecule has 0 fully saturated rings. The molecule has 0 radical (unpaired) electrons. The average molecular weight is 251 g/mol. The Morgan fingerprint density at radius 3 is 2.59 bits per heavy atom. The molecular formula is C12H15ClN4. The van der Waals surface area contributed by atoms with Crippen molar-refractivity contribution in [1.82, 2.24) is 14.8 Å². The van der Waals surface area contributed by atoms with E-state index in [2.05, 4.69) is 10.1 Å². The molecule has 5 heteroatoms. The van der Waals surface area contributed by atoms with E-state index in [9.17, 15) is 0 Å². The summed E-state index contributed by atoms with van der Waals surface area (Å²) in [7, 11) is 0. The van der Waals surface area contributed by atoms with E-state index in [4.69, 9.17) is 17.3 Å². The van der Waals surface area contributed by atoms with Gasteiger partial charge in [-0.05, 0) is 31.0 Å². The number of hydrogen-bond donors (Lipinski definition) is 1. The monoisotopic (exact) mass is 250 g/mol. The predicted octanol–water partition coefficient (Wildman–Crippen LogP) is 2.06. The lowest BCUT2D eigenvalue weighted by Crippen LogP contribution is -2.31. The Kier molecular flexibility index (Phi) is 3.76. The maximum atomic E-state index is 5.99. The van der Waals surface area contributed by atoms with Crippen LogP contribution in [0.2, 0.25) is 5.02 Å². The number of nitrogens with two attached hydrogens (primary N) is 1. The van der Waals surface area contributed by atoms with Crippen LogP contribution in [0.15, 0.2) is 36.9 Å². The third-order valence-corrected chi connectivity index (χ3v) is 2.99. The van der Waals surface area contributed by atoms with Crippen LogP contribution < -0.4 is 5.73 Å². The van der Waals surface area contributed by atoms with Crippen molar-refractivity contribution in [3.8, 4) is 0 Å². The maximum Gasteiger partial charge on any atom is 0.137 e. The van der Waals surface area contributed by atoms with Gasteiger partial charge in [0, 0.05) is 11.1 Å². The van der Waals surface area contributed by atoms with E-state index in [-0.39, 0.29) is 12.1 Å². The molecule has 0 saturated heterocycles. The zero-order valence-corrected chi connectivity index (χ0v) is 10.4. The average Bonchev–Trinajstić information content (AvgIpc) is 2.81. The fourth-order valence-electron chi connectivity index (χ4n) is 1.77. The maximum absolute atomic E-state index is 5.99. The van der Waals surface area contributed by atoms with Crippen LogP contribution in [-0.2, 0) is 6.42 Å². The van der Waals surface area contributed by atoms with Gasteiger partial charge in [-0.3, -0.25) is 0 Å². The molecule has 1 aromatic carbocycles. The van der Waals surface area contributed by atoms with Gasteiger partial charge in [0.05, 0.1) is 6.04 Å². The minimum Gasteiger partial charge on any atom is -0.326 e. The second kappa shape index (κ2) is 5.29. The van der Waals surface area contributed by atoms with E-state index < -0.39 is 0 Å². The van der Waals surface area contributed by atoms with Crippen LogP contribution in [0.3, 0.4) is 0 Å². The lowest BCUT2D eigenvalue weighted by Gasteiger charge is -2.20. The number of benzene rings is 1. The van der Waals surface area contributed by atoms with Crippen LogP contribution in [0.25, 0.3) is 0 Å². The number of hydrogen-bond acceptors (Lipinski definition) is 3. The molecule has 0 spiro atoms. The van der Waals surface area contributed by atoms with Crippen LogP contribution >= 0.6 is 11.6 Å². The minimum atomic E-state index is 0.00683. The van der Waals surface area contributed by atoms with E-state index in [0.29, 0.717) is 0 Å². The number of rotatable bonds is 4. The van der Waals surface area contributed by atoms with Crippen molar-refractivity contribution >= 4 is 11.6 Å². The normalized spacial score (nSPS) is 14.5. The van der Waals surface area contributed by atoms with Crippen LogP contribution in [-0.4, -0.2) is 20.8 Å². The highest BCUT2D eigenvalue weighted by molar-refractivity contribution is 6.30. The second-order valence-corrected chi connectivity index (χ2v) is 4.57. The summed E-state index contributed by atoms with van der Waals surface area (Å²) in [4.78, 5) is 3.96. The molecule has 2 N–H and O–H groups in total. The van der Waals surface area contributed by atoms with Crippen molar-refractivity contribution in [3.05, 3.63) is 47.5 Å². The summed E-state index contributed by atoms with van der Waals surface area (Å²) >= 11 is 5.86. The van der Waals surface area contributed by atoms with Crippen molar-refractivity contribution in [1.29, 1.82) is 0 Å². The highest BCUT2D eigenvalue weighted by atomic mass is 35.5. The third-order valence-electron chi connectivity index (χ3n) is 2.74. The van der Waals surface area contributed by atoms with E-state index in [1.54, 1.807) is 11.0 Å². The van der Waals surface area contributed by atoms with Gasteiger partial charge >= 0.3 is 0 Å². The van der Waals surface area contributed by atoms with E-state index in [1.165, 1.54) is 11.9 Å². The van der Waals surface area contributed by atoms with Gasteiger partial charge < -0.3 is 5.73 Å². The molecule has 4 nitrogen and oxygen atoms in total. The Hall–Kier alpha value is -1.39. The molecule has 0 amide bonds. The first-order chi connectivity index (χ1) is 8.16. The highest BCUT2D eigenvalue weighted by Crippen LogP contribution is 2.17. The van der Waals surface area contributed by atoms with E-state index in [1.807, 2.05) is 31.2 Å². The zero-order chi connectivity index (χ0) is 12.3. The van der Waals surface area contributed by atoms with Crippen LogP contribution in [0.1, 0.15) is 18.5 Å². The van der Waals surface area contributed by atoms with Gasteiger partial charge in [-0.15, -0.1) is 0 Å². The van der Waals surface area contributed by atoms with Gasteiger partial charge in [0.1, 0.15) is 12.7 Å². The molecule has 1 heterocycles. The summed E-state index contributed by atoms with van der Waals surface area (Å²) < 4.78 is 1.80. The molecule has 0 aliphatic heterocycles. The Bertz CT molecular complexity index is 450. The molecule has 2 atom stereocenters. The van der Waals surface area contributed by atoms with Gasteiger partial charge in [-0.1, -0.05) is 23.7 Å². The first-order valence-corrected chi connectivity index (χ1v) is 5.89. The van der Waals surface area contributed by atoms with Gasteiger partial charge in [0.15, 0.2) is 0 Å². The van der Waals surface area contributed by atoms with Crippen molar-refractivity contribution in [2.24, 2.45) is 5.73 Å². The first kappa shape index (κ1) is 12.1. The number of halogens is 1. The molecule has 0 bridgehead atoms. The van der Waals surface area contributed by atoms with E-state index >= 15 is 0 Å². The smallest absolute Gasteiger partial charge is 0.137 e. The molecule has 0 aliphatic rings. The summed E-state index contributed by atoms with van der Waals surface area (Å²) in [6, 6.07) is 7.90. The molecule has 2 rings (SSSR count). The quantitative estimate of drug-likeness (QED) is 0.904. The zero-order valence-electron chi connectivity index (χ0n) is 9.62. The number of aromatic nitrogens is 3. The summed E-state index contributed by atoms with van der Waals surface area (Å²) in [6.45, 7) is 1.97. The second-order valence-electron chi connectivity index (χ2n) is 4.13. The van der Waals surface area contributed by atoms with Crippen molar-refractivity contribution in [2.45, 2.75) is 25.4 Å². The Morgan fingerprint density at radius 2 is 2.06 bits per heavy atom. The minimum absolute atomic E-state index is 0.00683. The first-order valence-electron chi connectivity index (χ1n) is 5.51. The molecule has 1 aromatic heterocycles. The summed E-state index contributed by atoms with van der Waals surface area (Å²) in [6.07, 6.45) is 4.04. The largest absolute Gasteiger partial charge is 0.326 e. The molecule has 0 saturated carbocycles. The molecule has 2 unspecified atom stereocenters. The topological polar surface area (TPSA) is 56.7 Å². The summed E-state index contributed by atoms with van der Waals surface area (Å²) in [5.41, 5.74) is 7.18. The van der Waals surface area contributed by atoms with Gasteiger partial charge in [0.2, 0.25) is 0 Å². The predicted molar refractivity (Wildman–Crippen MR) is 67.9 cm³/mol. The lowest BCUT2D eigenvalue weighted by atomic mass is 10.0. The Morgan fingerprint density at radius 1 is 1.35 bits per heavy atom. The summed E-state index contributed by atoms with van der Waals surface area (Å²) in [5.74, 6) is 0. The number of nitrogens with zero attached hydrogens (tertiary/aromatic N) is 3. The molecular weight excluding hydrogens is 236 g/mol. The van der Waals surface area contributed by atoms with Gasteiger partial charge in [-0.2, -0.15) is 5.10 Å². The Labute approximate surface area is 105 Å². The standard InChI is InChI=1S/C12H15ClN4/c1-9(14)12(17-8-15-7-16-17)6-10-2-4-11(13)5-3-10/h2-5,7-9,12H,6,14H2,1H3.